The fourth-order valence-electron chi connectivity index (χ4n) is 2.21. The van der Waals surface area contributed by atoms with E-state index in [1.165, 1.54) is 11.8 Å². The van der Waals surface area contributed by atoms with Crippen molar-refractivity contribution in [2.24, 2.45) is 5.10 Å². The van der Waals surface area contributed by atoms with E-state index in [1.54, 1.807) is 31.4 Å². The molecule has 0 saturated heterocycles. The number of hydrogen-bond acceptors (Lipinski definition) is 6. The number of halogens is 1. The van der Waals surface area contributed by atoms with Gasteiger partial charge in [-0.1, -0.05) is 41.6 Å². The summed E-state index contributed by atoms with van der Waals surface area (Å²) in [5.41, 5.74) is 1.91. The van der Waals surface area contributed by atoms with Gasteiger partial charge in [0, 0.05) is 10.8 Å². The van der Waals surface area contributed by atoms with E-state index < -0.39 is 0 Å². The van der Waals surface area contributed by atoms with Crippen LogP contribution >= 0.6 is 23.4 Å². The maximum absolute atomic E-state index is 6.19. The van der Waals surface area contributed by atoms with Gasteiger partial charge < -0.3 is 9.47 Å². The van der Waals surface area contributed by atoms with Crippen LogP contribution < -0.4 is 9.47 Å². The number of rotatable bonds is 7. The van der Waals surface area contributed by atoms with Crippen LogP contribution in [0.1, 0.15) is 11.1 Å². The van der Waals surface area contributed by atoms with Gasteiger partial charge in [0.1, 0.15) is 6.33 Å². The highest BCUT2D eigenvalue weighted by atomic mass is 35.5. The number of aromatic nitrogens is 3. The van der Waals surface area contributed by atoms with Crippen LogP contribution in [-0.4, -0.2) is 35.3 Å². The highest BCUT2D eigenvalue weighted by molar-refractivity contribution is 7.98. The average Bonchev–Trinajstić information content (AvgIpc) is 3.13. The Balaban J connectivity index is 1.72. The summed E-state index contributed by atoms with van der Waals surface area (Å²) in [6.07, 6.45) is 3.27. The van der Waals surface area contributed by atoms with Crippen LogP contribution in [0.15, 0.2) is 59.0 Å². The molecule has 0 spiro atoms. The molecule has 0 atom stereocenters. The zero-order chi connectivity index (χ0) is 18.4. The first-order chi connectivity index (χ1) is 12.7. The highest BCUT2D eigenvalue weighted by Crippen LogP contribution is 2.27. The molecule has 3 rings (SSSR count). The number of nitrogens with zero attached hydrogens (tertiary/aromatic N) is 4. The average molecular weight is 389 g/mol. The molecule has 0 fully saturated rings. The maximum Gasteiger partial charge on any atom is 0.212 e. The quantitative estimate of drug-likeness (QED) is 0.450. The zero-order valence-corrected chi connectivity index (χ0v) is 15.9. The molecule has 0 N–H and O–H groups in total. The number of methoxy groups -OCH3 is 2. The summed E-state index contributed by atoms with van der Waals surface area (Å²) < 4.78 is 12.2. The van der Waals surface area contributed by atoms with Crippen LogP contribution in [-0.2, 0) is 5.75 Å². The zero-order valence-electron chi connectivity index (χ0n) is 14.3. The van der Waals surface area contributed by atoms with E-state index >= 15 is 0 Å². The summed E-state index contributed by atoms with van der Waals surface area (Å²) in [6, 6.07) is 13.3. The largest absolute Gasteiger partial charge is 0.493 e. The molecule has 0 radical (unpaired) electrons. The monoisotopic (exact) mass is 388 g/mol. The van der Waals surface area contributed by atoms with Crippen molar-refractivity contribution in [1.82, 2.24) is 14.9 Å². The van der Waals surface area contributed by atoms with Gasteiger partial charge in [-0.15, -0.1) is 10.2 Å². The van der Waals surface area contributed by atoms with Crippen molar-refractivity contribution in [3.63, 3.8) is 0 Å². The lowest BCUT2D eigenvalue weighted by atomic mass is 10.2. The fourth-order valence-corrected chi connectivity index (χ4v) is 3.36. The van der Waals surface area contributed by atoms with Crippen molar-refractivity contribution in [2.75, 3.05) is 14.2 Å². The molecule has 26 heavy (non-hydrogen) atoms. The van der Waals surface area contributed by atoms with Gasteiger partial charge in [-0.05, 0) is 35.4 Å². The molecule has 1 aromatic heterocycles. The highest BCUT2D eigenvalue weighted by Gasteiger charge is 2.07. The lowest BCUT2D eigenvalue weighted by molar-refractivity contribution is 0.355. The Bertz CT molecular complexity index is 914. The number of benzene rings is 2. The Morgan fingerprint density at radius 3 is 2.73 bits per heavy atom. The molecule has 0 bridgehead atoms. The van der Waals surface area contributed by atoms with E-state index in [0.717, 1.165) is 16.1 Å². The number of hydrogen-bond donors (Lipinski definition) is 0. The van der Waals surface area contributed by atoms with Crippen LogP contribution in [0.2, 0.25) is 5.02 Å². The smallest absolute Gasteiger partial charge is 0.212 e. The predicted molar refractivity (Wildman–Crippen MR) is 104 cm³/mol. The molecule has 0 unspecified atom stereocenters. The van der Waals surface area contributed by atoms with E-state index in [0.29, 0.717) is 22.4 Å². The number of ether oxygens (including phenoxy) is 2. The van der Waals surface area contributed by atoms with Crippen LogP contribution in [0, 0.1) is 0 Å². The Labute approximate surface area is 160 Å². The van der Waals surface area contributed by atoms with Crippen LogP contribution in [0.4, 0.5) is 0 Å². The normalized spacial score (nSPS) is 11.0. The summed E-state index contributed by atoms with van der Waals surface area (Å²) >= 11 is 7.71. The number of thioether (sulfide) groups is 1. The van der Waals surface area contributed by atoms with Crippen molar-refractivity contribution in [3.05, 3.63) is 64.9 Å². The summed E-state index contributed by atoms with van der Waals surface area (Å²) in [4.78, 5) is 0. The Morgan fingerprint density at radius 1 is 1.15 bits per heavy atom. The van der Waals surface area contributed by atoms with E-state index in [9.17, 15) is 0 Å². The second kappa shape index (κ2) is 8.73. The molecule has 2 aromatic carbocycles. The molecule has 0 aliphatic carbocycles. The molecular weight excluding hydrogens is 372 g/mol. The molecule has 1 heterocycles. The van der Waals surface area contributed by atoms with Gasteiger partial charge in [-0.2, -0.15) is 9.78 Å². The third-order valence-corrected chi connectivity index (χ3v) is 4.90. The molecule has 8 heteroatoms. The fraction of sp³-hybridized carbons (Fsp3) is 0.167. The topological polar surface area (TPSA) is 61.5 Å². The molecule has 0 aliphatic heterocycles. The second-order valence-electron chi connectivity index (χ2n) is 5.20. The summed E-state index contributed by atoms with van der Waals surface area (Å²) in [6.45, 7) is 0. The lowest BCUT2D eigenvalue weighted by Gasteiger charge is -2.07. The second-order valence-corrected chi connectivity index (χ2v) is 6.55. The molecule has 6 nitrogen and oxygen atoms in total. The summed E-state index contributed by atoms with van der Waals surface area (Å²) in [5, 5.41) is 13.9. The van der Waals surface area contributed by atoms with Gasteiger partial charge in [0.25, 0.3) is 0 Å². The minimum Gasteiger partial charge on any atom is -0.493 e. The Kier molecular flexibility index (Phi) is 6.14. The van der Waals surface area contributed by atoms with E-state index in [4.69, 9.17) is 21.1 Å². The van der Waals surface area contributed by atoms with Crippen LogP contribution in [0.25, 0.3) is 0 Å². The van der Waals surface area contributed by atoms with E-state index in [-0.39, 0.29) is 0 Å². The molecule has 3 aromatic rings. The third kappa shape index (κ3) is 4.36. The van der Waals surface area contributed by atoms with Crippen LogP contribution in [0.3, 0.4) is 0 Å². The van der Waals surface area contributed by atoms with Crippen molar-refractivity contribution >= 4 is 29.6 Å². The molecule has 0 amide bonds. The summed E-state index contributed by atoms with van der Waals surface area (Å²) in [5.74, 6) is 2.00. The molecule has 134 valence electrons. The van der Waals surface area contributed by atoms with Crippen molar-refractivity contribution in [3.8, 4) is 11.5 Å². The van der Waals surface area contributed by atoms with Crippen molar-refractivity contribution in [2.45, 2.75) is 10.9 Å². The third-order valence-electron chi connectivity index (χ3n) is 3.55. The van der Waals surface area contributed by atoms with E-state index in [1.807, 2.05) is 42.5 Å². The molecule has 0 aliphatic rings. The first-order valence-electron chi connectivity index (χ1n) is 7.74. The van der Waals surface area contributed by atoms with Gasteiger partial charge in [0.15, 0.2) is 11.5 Å². The van der Waals surface area contributed by atoms with Gasteiger partial charge in [-0.3, -0.25) is 0 Å². The minimum atomic E-state index is 0.647. The lowest BCUT2D eigenvalue weighted by Crippen LogP contribution is -1.95. The predicted octanol–water partition coefficient (Wildman–Crippen LogP) is 4.12. The SMILES string of the molecule is COc1ccc(/C=N\n2cnnc2SCc2ccccc2Cl)cc1OC. The summed E-state index contributed by atoms with van der Waals surface area (Å²) in [7, 11) is 3.20. The minimum absolute atomic E-state index is 0.647. The van der Waals surface area contributed by atoms with Gasteiger partial charge in [0.05, 0.1) is 20.4 Å². The van der Waals surface area contributed by atoms with Crippen molar-refractivity contribution < 1.29 is 9.47 Å². The van der Waals surface area contributed by atoms with Gasteiger partial charge in [0.2, 0.25) is 5.16 Å². The Hall–Kier alpha value is -2.51. The molecular formula is C18H17ClN4O2S. The van der Waals surface area contributed by atoms with Crippen LogP contribution in [0.5, 0.6) is 11.5 Å². The maximum atomic E-state index is 6.19. The van der Waals surface area contributed by atoms with E-state index in [2.05, 4.69) is 15.3 Å². The van der Waals surface area contributed by atoms with Gasteiger partial charge in [-0.25, -0.2) is 0 Å². The van der Waals surface area contributed by atoms with Gasteiger partial charge >= 0.3 is 0 Å². The van der Waals surface area contributed by atoms with Crippen molar-refractivity contribution in [1.29, 1.82) is 0 Å². The standard InChI is InChI=1S/C18H17ClN4O2S/c1-24-16-8-7-13(9-17(16)25-2)10-21-23-12-20-22-18(23)26-11-14-5-3-4-6-15(14)19/h3-10,12H,11H2,1-2H3/b21-10-. The first kappa shape index (κ1) is 18.3. The molecule has 0 saturated carbocycles. The Morgan fingerprint density at radius 2 is 1.96 bits per heavy atom. The first-order valence-corrected chi connectivity index (χ1v) is 9.10.